The van der Waals surface area contributed by atoms with E-state index in [9.17, 15) is 0 Å². The smallest absolute Gasteiger partial charge is 0.397 e. The summed E-state index contributed by atoms with van der Waals surface area (Å²) in [7, 11) is -9.28. The first-order chi connectivity index (χ1) is 11.2. The van der Waals surface area contributed by atoms with Crippen LogP contribution in [0.15, 0.2) is 0 Å². The molecule has 162 valence electrons. The Morgan fingerprint density at radius 2 is 0.600 bits per heavy atom. The van der Waals surface area contributed by atoms with Gasteiger partial charge in [0.15, 0.2) is 0 Å². The quantitative estimate of drug-likeness (QED) is 0.229. The first kappa shape index (κ1) is 40.0. The average Bonchev–Trinajstić information content (AvgIpc) is 2.35. The molecule has 0 rings (SSSR count). The van der Waals surface area contributed by atoms with E-state index in [0.29, 0.717) is 0 Å². The fraction of sp³-hybridized carbons (Fsp3) is 1.00. The second kappa shape index (κ2) is 35.3. The minimum atomic E-state index is -4.64. The van der Waals surface area contributed by atoms with Crippen molar-refractivity contribution in [3.05, 3.63) is 0 Å². The Balaban J connectivity index is -0.0000000445. The fourth-order valence-corrected chi connectivity index (χ4v) is 0.500. The molecule has 0 aromatic heterocycles. The van der Waals surface area contributed by atoms with E-state index in [2.05, 4.69) is 13.8 Å². The summed E-state index contributed by atoms with van der Waals surface area (Å²) in [6, 6.07) is 0. The van der Waals surface area contributed by atoms with Crippen LogP contribution in [0.1, 0.15) is 60.3 Å². The van der Waals surface area contributed by atoms with Gasteiger partial charge >= 0.3 is 15.6 Å². The molecular formula is C12H38O11P2. The molecule has 0 aromatic carbocycles. The van der Waals surface area contributed by atoms with Gasteiger partial charge in [-0.25, -0.2) is 9.13 Å². The van der Waals surface area contributed by atoms with Crippen molar-refractivity contribution in [1.82, 2.24) is 0 Å². The molecule has 13 heteroatoms. The minimum Gasteiger partial charge on any atom is -0.397 e. The Hall–Kier alpha value is 0.1000. The van der Waals surface area contributed by atoms with Crippen molar-refractivity contribution in [2.45, 2.75) is 60.3 Å². The van der Waals surface area contributed by atoms with Gasteiger partial charge < -0.3 is 44.7 Å². The number of phosphoric acid groups is 2. The Kier molecular flexibility index (Phi) is 56.3. The summed E-state index contributed by atoms with van der Waals surface area (Å²) in [4.78, 5) is 43.1. The third-order valence-electron chi connectivity index (χ3n) is 0.957. The molecule has 25 heavy (non-hydrogen) atoms. The average molecular weight is 420 g/mol. The van der Waals surface area contributed by atoms with Crippen LogP contribution in [0.25, 0.3) is 0 Å². The molecule has 0 amide bonds. The number of unbranched alkanes of at least 4 members (excludes halogenated alkanes) is 3. The molecule has 0 saturated carbocycles. The summed E-state index contributed by atoms with van der Waals surface area (Å²) in [5.41, 5.74) is 0. The molecule has 0 atom stereocenters. The third kappa shape index (κ3) is 1220. The van der Waals surface area contributed by atoms with Crippen molar-refractivity contribution in [2.24, 2.45) is 0 Å². The van der Waals surface area contributed by atoms with Gasteiger partial charge in [-0.15, -0.1) is 0 Å². The van der Waals surface area contributed by atoms with E-state index in [1.165, 1.54) is 25.7 Å². The highest BCUT2D eigenvalue weighted by Gasteiger charge is 2.00. The van der Waals surface area contributed by atoms with E-state index in [0.717, 1.165) is 0 Å². The first-order valence-electron chi connectivity index (χ1n) is 7.55. The van der Waals surface area contributed by atoms with E-state index < -0.39 is 15.6 Å². The lowest BCUT2D eigenvalue weighted by molar-refractivity contribution is 0.272. The van der Waals surface area contributed by atoms with Gasteiger partial charge in [-0.3, -0.25) is 0 Å². The molecule has 0 saturated heterocycles. The van der Waals surface area contributed by atoms with Gasteiger partial charge in [-0.05, 0) is 20.8 Å². The van der Waals surface area contributed by atoms with Crippen LogP contribution >= 0.6 is 15.6 Å². The van der Waals surface area contributed by atoms with Crippen molar-refractivity contribution in [3.63, 3.8) is 0 Å². The number of hydrogen-bond acceptors (Lipinski definition) is 5. The van der Waals surface area contributed by atoms with Crippen molar-refractivity contribution < 1.29 is 53.8 Å². The van der Waals surface area contributed by atoms with Gasteiger partial charge in [-0.2, -0.15) is 0 Å². The summed E-state index contributed by atoms with van der Waals surface area (Å²) >= 11 is 0. The molecular weight excluding hydrogens is 382 g/mol. The monoisotopic (exact) mass is 420 g/mol. The molecule has 0 aliphatic carbocycles. The van der Waals surface area contributed by atoms with Crippen LogP contribution in [0.2, 0.25) is 0 Å². The summed E-state index contributed by atoms with van der Waals surface area (Å²) in [5.74, 6) is 0. The van der Waals surface area contributed by atoms with Gasteiger partial charge in [0.2, 0.25) is 0 Å². The lowest BCUT2D eigenvalue weighted by Crippen LogP contribution is -1.66. The van der Waals surface area contributed by atoms with Crippen LogP contribution in [0.3, 0.4) is 0 Å². The molecule has 9 N–H and O–H groups in total. The fourth-order valence-electron chi connectivity index (χ4n) is 0.500. The van der Waals surface area contributed by atoms with Gasteiger partial charge in [0.25, 0.3) is 0 Å². The zero-order valence-electron chi connectivity index (χ0n) is 15.7. The van der Waals surface area contributed by atoms with Gasteiger partial charge in [-0.1, -0.05) is 39.5 Å². The molecule has 0 spiro atoms. The topological polar surface area (TPSA) is 216 Å². The largest absolute Gasteiger partial charge is 0.466 e. The van der Waals surface area contributed by atoms with Crippen LogP contribution in [0.5, 0.6) is 0 Å². The standard InChI is InChI=1S/C6H14.3C2H6O.2H3O4P/c1-3-5-6-4-2;3*1-2-3;2*1-5(2,3)4/h3-6H2,1-2H3;3*3H,2H2,1H3;2*(H3,1,2,3,4). The maximum Gasteiger partial charge on any atom is 0.466 e. The molecule has 0 heterocycles. The molecule has 11 nitrogen and oxygen atoms in total. The van der Waals surface area contributed by atoms with Crippen LogP contribution in [-0.2, 0) is 9.13 Å². The molecule has 0 bridgehead atoms. The van der Waals surface area contributed by atoms with Gasteiger partial charge in [0.05, 0.1) is 0 Å². The van der Waals surface area contributed by atoms with Gasteiger partial charge in [0.1, 0.15) is 0 Å². The number of hydrogen-bond donors (Lipinski definition) is 9. The maximum atomic E-state index is 8.88. The Labute approximate surface area is 150 Å². The van der Waals surface area contributed by atoms with Crippen molar-refractivity contribution >= 4 is 15.6 Å². The summed E-state index contributed by atoms with van der Waals surface area (Å²) in [6.07, 6.45) is 5.54. The van der Waals surface area contributed by atoms with Crippen LogP contribution in [0.4, 0.5) is 0 Å². The normalized spacial score (nSPS) is 9.04. The highest BCUT2D eigenvalue weighted by Crippen LogP contribution is 2.26. The van der Waals surface area contributed by atoms with E-state index in [4.69, 9.17) is 53.8 Å². The summed E-state index contributed by atoms with van der Waals surface area (Å²) < 4.78 is 17.8. The summed E-state index contributed by atoms with van der Waals surface area (Å²) in [5, 5.41) is 22.7. The minimum absolute atomic E-state index is 0.250. The Morgan fingerprint density at radius 1 is 0.520 bits per heavy atom. The Morgan fingerprint density at radius 3 is 0.640 bits per heavy atom. The van der Waals surface area contributed by atoms with Crippen molar-refractivity contribution in [3.8, 4) is 0 Å². The zero-order chi connectivity index (χ0) is 21.9. The van der Waals surface area contributed by atoms with Gasteiger partial charge in [0, 0.05) is 19.8 Å². The molecule has 0 radical (unpaired) electrons. The predicted octanol–water partition coefficient (Wildman–Crippen LogP) is 0.725. The van der Waals surface area contributed by atoms with E-state index in [1.54, 1.807) is 20.8 Å². The van der Waals surface area contributed by atoms with Crippen LogP contribution in [0, 0.1) is 0 Å². The second-order valence-corrected chi connectivity index (χ2v) is 5.74. The van der Waals surface area contributed by atoms with Crippen LogP contribution in [-0.4, -0.2) is 64.5 Å². The zero-order valence-corrected chi connectivity index (χ0v) is 17.5. The molecule has 0 unspecified atom stereocenters. The third-order valence-corrected chi connectivity index (χ3v) is 0.957. The highest BCUT2D eigenvalue weighted by atomic mass is 31.2. The lowest BCUT2D eigenvalue weighted by atomic mass is 10.2. The molecule has 0 aliphatic rings. The number of aliphatic hydroxyl groups excluding tert-OH is 3. The summed E-state index contributed by atoms with van der Waals surface area (Å²) in [6.45, 7) is 10.3. The van der Waals surface area contributed by atoms with E-state index in [1.807, 2.05) is 0 Å². The second-order valence-electron chi connectivity index (χ2n) is 3.68. The molecule has 0 fully saturated rings. The predicted molar refractivity (Wildman–Crippen MR) is 96.6 cm³/mol. The number of aliphatic hydroxyl groups is 3. The number of rotatable bonds is 3. The molecule has 0 aliphatic heterocycles. The molecule has 0 aromatic rings. The maximum absolute atomic E-state index is 8.88. The van der Waals surface area contributed by atoms with Crippen molar-refractivity contribution in [2.75, 3.05) is 19.8 Å². The first-order valence-corrected chi connectivity index (χ1v) is 10.7. The van der Waals surface area contributed by atoms with E-state index >= 15 is 0 Å². The Bertz CT molecular complexity index is 221. The van der Waals surface area contributed by atoms with Crippen molar-refractivity contribution in [1.29, 1.82) is 0 Å². The van der Waals surface area contributed by atoms with Crippen LogP contribution < -0.4 is 0 Å². The van der Waals surface area contributed by atoms with E-state index in [-0.39, 0.29) is 19.8 Å². The SMILES string of the molecule is CCCCCC.CCO.CCO.CCO.O=P(O)(O)O.O=P(O)(O)O. The lowest BCUT2D eigenvalue weighted by Gasteiger charge is -1.86. The highest BCUT2D eigenvalue weighted by molar-refractivity contribution is 7.45.